The molecule has 0 N–H and O–H groups in total. The van der Waals surface area contributed by atoms with Gasteiger partial charge >= 0.3 is 5.97 Å². The lowest BCUT2D eigenvalue weighted by Crippen LogP contribution is -2.37. The molecule has 1 fully saturated rings. The monoisotopic (exact) mass is 510 g/mol. The first-order chi connectivity index (χ1) is 17.9. The van der Waals surface area contributed by atoms with Crippen LogP contribution in [0.3, 0.4) is 0 Å². The van der Waals surface area contributed by atoms with Gasteiger partial charge in [0.15, 0.2) is 5.78 Å². The number of esters is 1. The summed E-state index contributed by atoms with van der Waals surface area (Å²) in [6, 6.07) is 4.38. The van der Waals surface area contributed by atoms with E-state index in [1.165, 1.54) is 61.6 Å². The van der Waals surface area contributed by atoms with E-state index in [1.807, 2.05) is 0 Å². The molecule has 4 heteroatoms. The van der Waals surface area contributed by atoms with Crippen LogP contribution in [0.25, 0.3) is 5.57 Å². The van der Waals surface area contributed by atoms with Crippen molar-refractivity contribution >= 4 is 17.3 Å². The number of carbonyl (C=O) groups is 2. The second kappa shape index (κ2) is 14.9. The number of ether oxygens (including phenoxy) is 2. The zero-order valence-corrected chi connectivity index (χ0v) is 24.0. The van der Waals surface area contributed by atoms with E-state index in [2.05, 4.69) is 39.8 Å². The van der Waals surface area contributed by atoms with Crippen molar-refractivity contribution in [3.05, 3.63) is 40.1 Å². The summed E-state index contributed by atoms with van der Waals surface area (Å²) in [5, 5.41) is 0. The molecule has 0 radical (unpaired) electrons. The number of hydrogen-bond acceptors (Lipinski definition) is 4. The summed E-state index contributed by atoms with van der Waals surface area (Å²) in [6.45, 7) is 9.99. The van der Waals surface area contributed by atoms with Crippen LogP contribution in [0.15, 0.2) is 17.9 Å². The average molecular weight is 511 g/mol. The van der Waals surface area contributed by atoms with Gasteiger partial charge in [-0.2, -0.15) is 0 Å². The highest BCUT2D eigenvalue weighted by atomic mass is 16.5. The van der Waals surface area contributed by atoms with E-state index in [4.69, 9.17) is 9.47 Å². The lowest BCUT2D eigenvalue weighted by molar-refractivity contribution is -0.140. The van der Waals surface area contributed by atoms with Crippen LogP contribution in [0.2, 0.25) is 0 Å². The molecule has 1 heterocycles. The maximum absolute atomic E-state index is 13.8. The molecular formula is C33H50O4. The normalized spacial score (nSPS) is 17.5. The topological polar surface area (TPSA) is 52.6 Å². The van der Waals surface area contributed by atoms with Gasteiger partial charge in [-0.1, -0.05) is 89.8 Å². The lowest BCUT2D eigenvalue weighted by Gasteiger charge is -2.41. The minimum absolute atomic E-state index is 0.132. The summed E-state index contributed by atoms with van der Waals surface area (Å²) in [4.78, 5) is 26.9. The lowest BCUT2D eigenvalue weighted by atomic mass is 9.67. The summed E-state index contributed by atoms with van der Waals surface area (Å²) in [7, 11) is 0. The van der Waals surface area contributed by atoms with Crippen molar-refractivity contribution in [1.82, 2.24) is 0 Å². The van der Waals surface area contributed by atoms with Gasteiger partial charge in [-0.25, -0.2) is 0 Å². The van der Waals surface area contributed by atoms with E-state index in [1.54, 1.807) is 0 Å². The third-order valence-electron chi connectivity index (χ3n) is 8.36. The number of rotatable bonds is 14. The van der Waals surface area contributed by atoms with Gasteiger partial charge in [-0.05, 0) is 61.1 Å². The molecule has 1 aromatic carbocycles. The summed E-state index contributed by atoms with van der Waals surface area (Å²) >= 11 is 0. The minimum Gasteiger partial charge on any atom is -0.430 e. The van der Waals surface area contributed by atoms with Crippen LogP contribution in [0.1, 0.15) is 133 Å². The number of benzene rings is 1. The molecule has 1 aromatic rings. The van der Waals surface area contributed by atoms with Crippen molar-refractivity contribution < 1.29 is 19.1 Å². The van der Waals surface area contributed by atoms with Gasteiger partial charge in [0, 0.05) is 32.5 Å². The molecule has 206 valence electrons. The van der Waals surface area contributed by atoms with Crippen molar-refractivity contribution in [2.45, 2.75) is 130 Å². The number of carbonyl (C=O) groups excluding carboxylic acids is 2. The van der Waals surface area contributed by atoms with E-state index >= 15 is 0 Å². The van der Waals surface area contributed by atoms with Crippen molar-refractivity contribution in [1.29, 1.82) is 0 Å². The molecule has 1 aliphatic carbocycles. The molecule has 2 aliphatic rings. The van der Waals surface area contributed by atoms with E-state index < -0.39 is 0 Å². The molecule has 37 heavy (non-hydrogen) atoms. The third kappa shape index (κ3) is 8.27. The van der Waals surface area contributed by atoms with Crippen LogP contribution in [-0.2, 0) is 31.9 Å². The summed E-state index contributed by atoms with van der Waals surface area (Å²) in [6.07, 6.45) is 15.9. The Hall–Kier alpha value is -1.94. The van der Waals surface area contributed by atoms with Crippen molar-refractivity contribution in [2.75, 3.05) is 13.2 Å². The predicted molar refractivity (Wildman–Crippen MR) is 152 cm³/mol. The van der Waals surface area contributed by atoms with Crippen LogP contribution in [0.4, 0.5) is 0 Å². The average Bonchev–Trinajstić information content (AvgIpc) is 2.88. The fourth-order valence-corrected chi connectivity index (χ4v) is 6.19. The van der Waals surface area contributed by atoms with Crippen LogP contribution in [-0.4, -0.2) is 25.0 Å². The molecule has 0 aromatic heterocycles. The Bertz CT molecular complexity index is 911. The van der Waals surface area contributed by atoms with Gasteiger partial charge in [-0.3, -0.25) is 9.59 Å². The fourth-order valence-electron chi connectivity index (χ4n) is 6.19. The first-order valence-corrected chi connectivity index (χ1v) is 15.1. The van der Waals surface area contributed by atoms with Gasteiger partial charge in [0.1, 0.15) is 5.76 Å². The molecule has 0 bridgehead atoms. The zero-order chi connectivity index (χ0) is 26.7. The van der Waals surface area contributed by atoms with Gasteiger partial charge in [0.2, 0.25) is 0 Å². The second-order valence-corrected chi connectivity index (χ2v) is 11.4. The predicted octanol–water partition coefficient (Wildman–Crippen LogP) is 8.45. The van der Waals surface area contributed by atoms with E-state index in [-0.39, 0.29) is 17.2 Å². The highest BCUT2D eigenvalue weighted by Crippen LogP contribution is 2.48. The van der Waals surface area contributed by atoms with Crippen LogP contribution < -0.4 is 0 Å². The molecule has 1 saturated heterocycles. The SMILES string of the molecule is CCCCCCCCCCCC(=O)OC1=C(c2c(CC)cc(C)cc2CC)C(=O)CC2(CCOCC2)C1. The number of hydrogen-bond donors (Lipinski definition) is 0. The summed E-state index contributed by atoms with van der Waals surface area (Å²) in [5.74, 6) is 0.565. The second-order valence-electron chi connectivity index (χ2n) is 11.4. The third-order valence-corrected chi connectivity index (χ3v) is 8.36. The quantitative estimate of drug-likeness (QED) is 0.186. The number of unbranched alkanes of at least 4 members (excludes halogenated alkanes) is 8. The molecule has 0 saturated carbocycles. The molecule has 1 spiro atoms. The number of ketones is 1. The molecule has 0 unspecified atom stereocenters. The van der Waals surface area contributed by atoms with E-state index in [0.717, 1.165) is 44.1 Å². The number of aryl methyl sites for hydroxylation is 3. The van der Waals surface area contributed by atoms with E-state index in [0.29, 0.717) is 43.8 Å². The van der Waals surface area contributed by atoms with Crippen LogP contribution in [0.5, 0.6) is 0 Å². The Balaban J connectivity index is 1.75. The highest BCUT2D eigenvalue weighted by Gasteiger charge is 2.43. The maximum Gasteiger partial charge on any atom is 0.310 e. The maximum atomic E-state index is 13.8. The van der Waals surface area contributed by atoms with Crippen LogP contribution in [0, 0.1) is 12.3 Å². The van der Waals surface area contributed by atoms with Gasteiger partial charge < -0.3 is 9.47 Å². The van der Waals surface area contributed by atoms with Crippen LogP contribution >= 0.6 is 0 Å². The summed E-state index contributed by atoms with van der Waals surface area (Å²) < 4.78 is 11.8. The summed E-state index contributed by atoms with van der Waals surface area (Å²) in [5.41, 5.74) is 5.12. The molecule has 1 aliphatic heterocycles. The molecule has 0 atom stereocenters. The number of Topliss-reactive ketones (excluding diaryl/α,β-unsaturated/α-hetero) is 1. The fraction of sp³-hybridized carbons (Fsp3) is 0.697. The molecule has 0 amide bonds. The Morgan fingerprint density at radius 3 is 2.00 bits per heavy atom. The Morgan fingerprint density at radius 2 is 1.43 bits per heavy atom. The first-order valence-electron chi connectivity index (χ1n) is 15.1. The van der Waals surface area contributed by atoms with E-state index in [9.17, 15) is 9.59 Å². The Kier molecular flexibility index (Phi) is 11.9. The highest BCUT2D eigenvalue weighted by molar-refractivity contribution is 6.23. The molecule has 4 nitrogen and oxygen atoms in total. The first kappa shape index (κ1) is 29.6. The van der Waals surface area contributed by atoms with Crippen molar-refractivity contribution in [3.8, 4) is 0 Å². The smallest absolute Gasteiger partial charge is 0.310 e. The van der Waals surface area contributed by atoms with Crippen molar-refractivity contribution in [3.63, 3.8) is 0 Å². The van der Waals surface area contributed by atoms with Gasteiger partial charge in [0.25, 0.3) is 0 Å². The minimum atomic E-state index is -0.185. The Labute approximate surface area is 225 Å². The van der Waals surface area contributed by atoms with Crippen molar-refractivity contribution in [2.24, 2.45) is 5.41 Å². The number of allylic oxidation sites excluding steroid dienone is 2. The van der Waals surface area contributed by atoms with Gasteiger partial charge in [0.05, 0.1) is 5.57 Å². The standard InChI is InChI=1S/C33H50O4/c1-5-8-9-10-11-12-13-14-15-16-30(35)37-29-24-33(17-19-36-20-18-33)23-28(34)32(29)31-26(6-2)21-25(4)22-27(31)7-3/h21-22H,5-20,23-24H2,1-4H3. The largest absolute Gasteiger partial charge is 0.430 e. The van der Waals surface area contributed by atoms with Gasteiger partial charge in [-0.15, -0.1) is 0 Å². The Morgan fingerprint density at radius 1 is 0.865 bits per heavy atom. The molecule has 3 rings (SSSR count). The zero-order valence-electron chi connectivity index (χ0n) is 24.0. The molecular weight excluding hydrogens is 460 g/mol.